The summed E-state index contributed by atoms with van der Waals surface area (Å²) in [5.41, 5.74) is 7.02. The van der Waals surface area contributed by atoms with Crippen LogP contribution in [0.2, 0.25) is 5.02 Å². The van der Waals surface area contributed by atoms with Crippen molar-refractivity contribution in [2.45, 2.75) is 38.3 Å². The molecule has 3 unspecified atom stereocenters. The normalized spacial score (nSPS) is 25.3. The van der Waals surface area contributed by atoms with E-state index in [1.807, 2.05) is 0 Å². The van der Waals surface area contributed by atoms with Gasteiger partial charge in [0.2, 0.25) is 0 Å². The summed E-state index contributed by atoms with van der Waals surface area (Å²) in [6.07, 6.45) is 2.77. The number of hydrogen-bond acceptors (Lipinski definition) is 2. The van der Waals surface area contributed by atoms with E-state index in [2.05, 4.69) is 6.92 Å². The lowest BCUT2D eigenvalue weighted by atomic mass is 9.88. The molecule has 0 bridgehead atoms. The van der Waals surface area contributed by atoms with Crippen molar-refractivity contribution in [3.63, 3.8) is 0 Å². The molecular formula is C14H19ClFNO. The number of hydrogen-bond donors (Lipinski definition) is 1. The van der Waals surface area contributed by atoms with E-state index >= 15 is 0 Å². The average molecular weight is 272 g/mol. The summed E-state index contributed by atoms with van der Waals surface area (Å²) in [5, 5.41) is 0.582. The fourth-order valence-corrected chi connectivity index (χ4v) is 2.88. The zero-order valence-corrected chi connectivity index (χ0v) is 11.3. The Morgan fingerprint density at radius 3 is 3.06 bits per heavy atom. The Morgan fingerprint density at radius 1 is 1.56 bits per heavy atom. The predicted octanol–water partition coefficient (Wildman–Crippen LogP) is 3.16. The maximum absolute atomic E-state index is 13.2. The van der Waals surface area contributed by atoms with Crippen LogP contribution in [0.1, 0.15) is 25.3 Å². The summed E-state index contributed by atoms with van der Waals surface area (Å²) in [6.45, 7) is 2.87. The van der Waals surface area contributed by atoms with Crippen molar-refractivity contribution < 1.29 is 9.13 Å². The molecule has 2 nitrogen and oxygen atoms in total. The first-order valence-electron chi connectivity index (χ1n) is 6.43. The number of nitrogens with two attached hydrogens (primary N) is 1. The highest BCUT2D eigenvalue weighted by atomic mass is 35.5. The van der Waals surface area contributed by atoms with Crippen LogP contribution in [0.15, 0.2) is 18.2 Å². The summed E-state index contributed by atoms with van der Waals surface area (Å²) < 4.78 is 18.8. The highest BCUT2D eigenvalue weighted by molar-refractivity contribution is 6.31. The molecule has 1 heterocycles. The molecule has 1 aliphatic rings. The van der Waals surface area contributed by atoms with Gasteiger partial charge in [-0.2, -0.15) is 0 Å². The van der Waals surface area contributed by atoms with Crippen LogP contribution in [0.3, 0.4) is 0 Å². The molecule has 0 aromatic heterocycles. The monoisotopic (exact) mass is 271 g/mol. The first-order chi connectivity index (χ1) is 8.61. The fourth-order valence-electron chi connectivity index (χ4n) is 2.68. The third-order valence-electron chi connectivity index (χ3n) is 3.68. The molecular weight excluding hydrogens is 253 g/mol. The van der Waals surface area contributed by atoms with Crippen LogP contribution in [0.4, 0.5) is 4.39 Å². The summed E-state index contributed by atoms with van der Waals surface area (Å²) in [5.74, 6) is 0.0747. The van der Waals surface area contributed by atoms with Gasteiger partial charge in [-0.05, 0) is 43.0 Å². The van der Waals surface area contributed by atoms with Crippen molar-refractivity contribution in [2.75, 3.05) is 6.61 Å². The molecule has 0 spiro atoms. The minimum Gasteiger partial charge on any atom is -0.378 e. The Bertz CT molecular complexity index is 413. The molecule has 1 aromatic rings. The van der Waals surface area contributed by atoms with Crippen LogP contribution in [0.25, 0.3) is 0 Å². The molecule has 1 aliphatic heterocycles. The van der Waals surface area contributed by atoms with Crippen molar-refractivity contribution in [3.8, 4) is 0 Å². The Morgan fingerprint density at radius 2 is 2.33 bits per heavy atom. The van der Waals surface area contributed by atoms with Crippen LogP contribution in [-0.4, -0.2) is 18.8 Å². The van der Waals surface area contributed by atoms with Gasteiger partial charge < -0.3 is 10.5 Å². The van der Waals surface area contributed by atoms with E-state index in [1.54, 1.807) is 6.07 Å². The number of benzene rings is 1. The van der Waals surface area contributed by atoms with Crippen LogP contribution in [0, 0.1) is 11.7 Å². The fraction of sp³-hybridized carbons (Fsp3) is 0.571. The minimum absolute atomic E-state index is 0.0308. The largest absolute Gasteiger partial charge is 0.378 e. The quantitative estimate of drug-likeness (QED) is 0.913. The van der Waals surface area contributed by atoms with E-state index < -0.39 is 0 Å². The molecule has 0 aliphatic carbocycles. The molecule has 2 rings (SSSR count). The molecule has 18 heavy (non-hydrogen) atoms. The van der Waals surface area contributed by atoms with Crippen LogP contribution < -0.4 is 5.73 Å². The molecule has 2 N–H and O–H groups in total. The Kier molecular flexibility index (Phi) is 4.60. The molecule has 1 fully saturated rings. The molecule has 1 saturated heterocycles. The van der Waals surface area contributed by atoms with Gasteiger partial charge in [-0.25, -0.2) is 4.39 Å². The van der Waals surface area contributed by atoms with E-state index in [1.165, 1.54) is 12.1 Å². The average Bonchev–Trinajstić information content (AvgIpc) is 2.82. The van der Waals surface area contributed by atoms with Gasteiger partial charge >= 0.3 is 0 Å². The number of halogens is 2. The van der Waals surface area contributed by atoms with Gasteiger partial charge in [-0.3, -0.25) is 0 Å². The van der Waals surface area contributed by atoms with Gasteiger partial charge in [-0.15, -0.1) is 0 Å². The van der Waals surface area contributed by atoms with E-state index in [0.717, 1.165) is 25.0 Å². The standard InChI is InChI=1S/C14H19ClFNO/c1-2-14-11(5-6-18-14)13(17)8-9-7-10(16)3-4-12(9)15/h3-4,7,11,13-14H,2,5-6,8,17H2,1H3. The van der Waals surface area contributed by atoms with Crippen molar-refractivity contribution in [3.05, 3.63) is 34.6 Å². The van der Waals surface area contributed by atoms with Gasteiger partial charge in [0.05, 0.1) is 6.10 Å². The second kappa shape index (κ2) is 6.00. The second-order valence-corrected chi connectivity index (χ2v) is 5.28. The topological polar surface area (TPSA) is 35.2 Å². The minimum atomic E-state index is -0.267. The number of ether oxygens (including phenoxy) is 1. The Hall–Kier alpha value is -0.640. The van der Waals surface area contributed by atoms with E-state index in [9.17, 15) is 4.39 Å². The summed E-state index contributed by atoms with van der Waals surface area (Å²) >= 11 is 6.06. The predicted molar refractivity (Wildman–Crippen MR) is 71.2 cm³/mol. The second-order valence-electron chi connectivity index (χ2n) is 4.87. The third kappa shape index (κ3) is 3.02. The zero-order valence-electron chi connectivity index (χ0n) is 10.5. The van der Waals surface area contributed by atoms with Crippen LogP contribution >= 0.6 is 11.6 Å². The van der Waals surface area contributed by atoms with Gasteiger partial charge in [-0.1, -0.05) is 18.5 Å². The van der Waals surface area contributed by atoms with Gasteiger partial charge in [0.15, 0.2) is 0 Å². The van der Waals surface area contributed by atoms with Crippen molar-refractivity contribution in [1.29, 1.82) is 0 Å². The van der Waals surface area contributed by atoms with Gasteiger partial charge in [0, 0.05) is 23.6 Å². The van der Waals surface area contributed by atoms with E-state index in [4.69, 9.17) is 22.1 Å². The molecule has 1 aromatic carbocycles. The summed E-state index contributed by atoms with van der Waals surface area (Å²) in [4.78, 5) is 0. The highest BCUT2D eigenvalue weighted by Gasteiger charge is 2.31. The number of rotatable bonds is 4. The maximum atomic E-state index is 13.2. The zero-order chi connectivity index (χ0) is 13.1. The van der Waals surface area contributed by atoms with E-state index in [0.29, 0.717) is 17.4 Å². The first kappa shape index (κ1) is 13.8. The lowest BCUT2D eigenvalue weighted by molar-refractivity contribution is 0.0814. The lowest BCUT2D eigenvalue weighted by Crippen LogP contribution is -2.37. The summed E-state index contributed by atoms with van der Waals surface area (Å²) in [6, 6.07) is 4.39. The van der Waals surface area contributed by atoms with Crippen LogP contribution in [0.5, 0.6) is 0 Å². The molecule has 0 radical (unpaired) electrons. The third-order valence-corrected chi connectivity index (χ3v) is 4.05. The molecule has 0 amide bonds. The highest BCUT2D eigenvalue weighted by Crippen LogP contribution is 2.28. The molecule has 4 heteroatoms. The Labute approximate surface area is 112 Å². The first-order valence-corrected chi connectivity index (χ1v) is 6.80. The lowest BCUT2D eigenvalue weighted by Gasteiger charge is -2.24. The maximum Gasteiger partial charge on any atom is 0.123 e. The smallest absolute Gasteiger partial charge is 0.123 e. The Balaban J connectivity index is 2.06. The van der Waals surface area contributed by atoms with Crippen molar-refractivity contribution in [2.24, 2.45) is 11.7 Å². The van der Waals surface area contributed by atoms with E-state index in [-0.39, 0.29) is 18.0 Å². The summed E-state index contributed by atoms with van der Waals surface area (Å²) in [7, 11) is 0. The van der Waals surface area contributed by atoms with Gasteiger partial charge in [0.1, 0.15) is 5.82 Å². The molecule has 3 atom stereocenters. The van der Waals surface area contributed by atoms with Crippen LogP contribution in [-0.2, 0) is 11.2 Å². The molecule has 0 saturated carbocycles. The molecule has 100 valence electrons. The SMILES string of the molecule is CCC1OCCC1C(N)Cc1cc(F)ccc1Cl. The van der Waals surface area contributed by atoms with Gasteiger partial charge in [0.25, 0.3) is 0 Å². The van der Waals surface area contributed by atoms with Crippen molar-refractivity contribution >= 4 is 11.6 Å². The van der Waals surface area contributed by atoms with Crippen molar-refractivity contribution in [1.82, 2.24) is 0 Å².